The summed E-state index contributed by atoms with van der Waals surface area (Å²) in [6.45, 7) is 5.12. The number of halogens is 1. The molecule has 0 saturated heterocycles. The maximum Gasteiger partial charge on any atom is 0.120 e. The molecular weight excluding hydrogens is 124 g/mol. The average molecular weight is 137 g/mol. The molecule has 0 radical (unpaired) electrons. The van der Waals surface area contributed by atoms with Gasteiger partial charge in [0.2, 0.25) is 0 Å². The third-order valence-corrected chi connectivity index (χ3v) is 1.07. The van der Waals surface area contributed by atoms with Crippen LogP contribution >= 0.6 is 11.6 Å². The molecule has 0 bridgehead atoms. The molecule has 0 amide bonds. The normalized spacial score (nSPS) is 10.5. The van der Waals surface area contributed by atoms with Gasteiger partial charge in [0.25, 0.3) is 0 Å². The molecule has 0 aromatic carbocycles. The summed E-state index contributed by atoms with van der Waals surface area (Å²) >= 11 is 5.26. The summed E-state index contributed by atoms with van der Waals surface area (Å²) in [4.78, 5) is 0. The van der Waals surface area contributed by atoms with Crippen LogP contribution < -0.4 is 0 Å². The fourth-order valence-electron chi connectivity index (χ4n) is 0.374. The van der Waals surface area contributed by atoms with Crippen molar-refractivity contribution in [2.45, 2.75) is 20.3 Å². The van der Waals surface area contributed by atoms with Crippen molar-refractivity contribution in [3.8, 4) is 0 Å². The fourth-order valence-corrected chi connectivity index (χ4v) is 0.483. The monoisotopic (exact) mass is 136 g/mol. The molecular formula is C6H13ClO. The first-order valence-corrected chi connectivity index (χ1v) is 3.44. The second-order valence-electron chi connectivity index (χ2n) is 2.20. The Balaban J connectivity index is 2.72. The van der Waals surface area contributed by atoms with E-state index in [1.165, 1.54) is 0 Å². The second kappa shape index (κ2) is 5.39. The van der Waals surface area contributed by atoms with E-state index in [1.807, 2.05) is 0 Å². The summed E-state index contributed by atoms with van der Waals surface area (Å²) < 4.78 is 4.91. The number of alkyl halides is 1. The standard InChI is InChI=1S/C6H13ClO/c1-6(2)3-4-8-5-7/h6H,3-5H2,1-2H3. The van der Waals surface area contributed by atoms with Gasteiger partial charge >= 0.3 is 0 Å². The van der Waals surface area contributed by atoms with E-state index in [-0.39, 0.29) is 0 Å². The molecule has 0 spiro atoms. The van der Waals surface area contributed by atoms with Crippen molar-refractivity contribution >= 4 is 11.6 Å². The van der Waals surface area contributed by atoms with Crippen LogP contribution in [0.4, 0.5) is 0 Å². The van der Waals surface area contributed by atoms with E-state index in [9.17, 15) is 0 Å². The van der Waals surface area contributed by atoms with Gasteiger partial charge in [-0.25, -0.2) is 0 Å². The molecule has 0 aromatic heterocycles. The molecule has 0 aliphatic heterocycles. The van der Waals surface area contributed by atoms with Crippen LogP contribution in [-0.2, 0) is 4.74 Å². The fraction of sp³-hybridized carbons (Fsp3) is 1.00. The summed E-state index contributed by atoms with van der Waals surface area (Å²) in [5, 5.41) is 0. The van der Waals surface area contributed by atoms with Crippen molar-refractivity contribution in [3.05, 3.63) is 0 Å². The Morgan fingerprint density at radius 2 is 2.12 bits per heavy atom. The largest absolute Gasteiger partial charge is 0.366 e. The van der Waals surface area contributed by atoms with Crippen molar-refractivity contribution < 1.29 is 4.74 Å². The van der Waals surface area contributed by atoms with E-state index < -0.39 is 0 Å². The predicted molar refractivity (Wildman–Crippen MR) is 36.1 cm³/mol. The molecule has 0 fully saturated rings. The number of hydrogen-bond donors (Lipinski definition) is 0. The first kappa shape index (κ1) is 8.25. The Morgan fingerprint density at radius 1 is 1.50 bits per heavy atom. The predicted octanol–water partition coefficient (Wildman–Crippen LogP) is 2.25. The van der Waals surface area contributed by atoms with Crippen LogP contribution in [0, 0.1) is 5.92 Å². The first-order valence-electron chi connectivity index (χ1n) is 2.91. The van der Waals surface area contributed by atoms with Crippen LogP contribution in [0.25, 0.3) is 0 Å². The lowest BCUT2D eigenvalue weighted by Crippen LogP contribution is -1.96. The van der Waals surface area contributed by atoms with Crippen molar-refractivity contribution in [2.24, 2.45) is 5.92 Å². The Morgan fingerprint density at radius 3 is 2.50 bits per heavy atom. The first-order chi connectivity index (χ1) is 3.77. The zero-order valence-corrected chi connectivity index (χ0v) is 6.24. The van der Waals surface area contributed by atoms with Gasteiger partial charge in [0.05, 0.1) is 0 Å². The molecule has 0 aliphatic carbocycles. The van der Waals surface area contributed by atoms with Crippen LogP contribution in [0.15, 0.2) is 0 Å². The van der Waals surface area contributed by atoms with Crippen LogP contribution in [-0.4, -0.2) is 12.7 Å². The molecule has 0 saturated carbocycles. The molecule has 0 rings (SSSR count). The van der Waals surface area contributed by atoms with Gasteiger partial charge in [-0.2, -0.15) is 0 Å². The third kappa shape index (κ3) is 6.25. The van der Waals surface area contributed by atoms with E-state index in [1.54, 1.807) is 0 Å². The second-order valence-corrected chi connectivity index (χ2v) is 2.42. The number of rotatable bonds is 4. The van der Waals surface area contributed by atoms with Gasteiger partial charge < -0.3 is 4.74 Å². The van der Waals surface area contributed by atoms with Gasteiger partial charge in [-0.05, 0) is 12.3 Å². The van der Waals surface area contributed by atoms with Gasteiger partial charge in [0.1, 0.15) is 6.07 Å². The Labute approximate surface area is 56.0 Å². The Bertz CT molecular complexity index is 45.8. The number of hydrogen-bond acceptors (Lipinski definition) is 1. The third-order valence-electron chi connectivity index (χ3n) is 0.917. The summed E-state index contributed by atoms with van der Waals surface area (Å²) in [5.74, 6) is 0.721. The summed E-state index contributed by atoms with van der Waals surface area (Å²) in [5.41, 5.74) is 0. The minimum atomic E-state index is 0.326. The molecule has 0 unspecified atom stereocenters. The lowest BCUT2D eigenvalue weighted by atomic mass is 10.1. The van der Waals surface area contributed by atoms with Gasteiger partial charge in [0.15, 0.2) is 0 Å². The molecule has 8 heavy (non-hydrogen) atoms. The zero-order chi connectivity index (χ0) is 6.41. The van der Waals surface area contributed by atoms with Crippen molar-refractivity contribution in [2.75, 3.05) is 12.7 Å². The Kier molecular flexibility index (Phi) is 5.56. The molecule has 0 atom stereocenters. The molecule has 0 N–H and O–H groups in total. The molecule has 0 aliphatic rings. The minimum Gasteiger partial charge on any atom is -0.366 e. The molecule has 2 heteroatoms. The zero-order valence-electron chi connectivity index (χ0n) is 5.48. The quantitative estimate of drug-likeness (QED) is 0.426. The van der Waals surface area contributed by atoms with E-state index in [4.69, 9.17) is 16.3 Å². The molecule has 1 nitrogen and oxygen atoms in total. The smallest absolute Gasteiger partial charge is 0.120 e. The molecule has 0 aromatic rings. The van der Waals surface area contributed by atoms with Crippen LogP contribution in [0.1, 0.15) is 20.3 Å². The van der Waals surface area contributed by atoms with Crippen molar-refractivity contribution in [1.29, 1.82) is 0 Å². The van der Waals surface area contributed by atoms with Gasteiger partial charge in [0, 0.05) is 6.61 Å². The maximum absolute atomic E-state index is 5.26. The molecule has 0 heterocycles. The van der Waals surface area contributed by atoms with Gasteiger partial charge in [-0.1, -0.05) is 25.4 Å². The average Bonchev–Trinajstić information content (AvgIpc) is 1.66. The lowest BCUT2D eigenvalue weighted by molar-refractivity contribution is 0.165. The summed E-state index contributed by atoms with van der Waals surface area (Å²) in [6, 6.07) is 0.326. The van der Waals surface area contributed by atoms with Crippen LogP contribution in [0.3, 0.4) is 0 Å². The summed E-state index contributed by atoms with van der Waals surface area (Å²) in [6.07, 6.45) is 1.10. The topological polar surface area (TPSA) is 9.23 Å². The maximum atomic E-state index is 5.26. The highest BCUT2D eigenvalue weighted by atomic mass is 35.5. The SMILES string of the molecule is CC(C)CCOCCl. The number of ether oxygens (including phenoxy) is 1. The Hall–Kier alpha value is 0.250. The lowest BCUT2D eigenvalue weighted by Gasteiger charge is -2.01. The van der Waals surface area contributed by atoms with E-state index >= 15 is 0 Å². The van der Waals surface area contributed by atoms with E-state index in [2.05, 4.69) is 13.8 Å². The molecule has 50 valence electrons. The van der Waals surface area contributed by atoms with Crippen LogP contribution in [0.5, 0.6) is 0 Å². The van der Waals surface area contributed by atoms with Crippen molar-refractivity contribution in [1.82, 2.24) is 0 Å². The van der Waals surface area contributed by atoms with Gasteiger partial charge in [-0.3, -0.25) is 0 Å². The highest BCUT2D eigenvalue weighted by molar-refractivity contribution is 6.17. The highest BCUT2D eigenvalue weighted by Gasteiger charge is 1.90. The van der Waals surface area contributed by atoms with E-state index in [0.29, 0.717) is 6.07 Å². The van der Waals surface area contributed by atoms with E-state index in [0.717, 1.165) is 18.9 Å². The van der Waals surface area contributed by atoms with Crippen molar-refractivity contribution in [3.63, 3.8) is 0 Å². The summed E-state index contributed by atoms with van der Waals surface area (Å²) in [7, 11) is 0. The minimum absolute atomic E-state index is 0.326. The van der Waals surface area contributed by atoms with Gasteiger partial charge in [-0.15, -0.1) is 0 Å². The van der Waals surface area contributed by atoms with Crippen LogP contribution in [0.2, 0.25) is 0 Å². The highest BCUT2D eigenvalue weighted by Crippen LogP contribution is 1.98.